The smallest absolute Gasteiger partial charge is 0.325 e. The first-order valence-electron chi connectivity index (χ1n) is 7.35. The Morgan fingerprint density at radius 1 is 1.29 bits per heavy atom. The molecule has 0 spiro atoms. The van der Waals surface area contributed by atoms with E-state index >= 15 is 0 Å². The van der Waals surface area contributed by atoms with Crippen molar-refractivity contribution < 1.29 is 39.8 Å². The summed E-state index contributed by atoms with van der Waals surface area (Å²) < 4.78 is 10.1. The van der Waals surface area contributed by atoms with Crippen molar-refractivity contribution in [1.29, 1.82) is 0 Å². The van der Waals surface area contributed by atoms with Gasteiger partial charge in [-0.25, -0.2) is 0 Å². The number of hydrogen-bond acceptors (Lipinski definition) is 9. The van der Waals surface area contributed by atoms with E-state index in [-0.39, 0.29) is 12.2 Å². The Hall–Kier alpha value is -1.75. The van der Waals surface area contributed by atoms with Crippen LogP contribution in [-0.4, -0.2) is 74.9 Å². The maximum atomic E-state index is 12.1. The van der Waals surface area contributed by atoms with Gasteiger partial charge in [-0.2, -0.15) is 0 Å². The van der Waals surface area contributed by atoms with Crippen LogP contribution in [0, 0.1) is 0 Å². The summed E-state index contributed by atoms with van der Waals surface area (Å²) in [4.78, 5) is 12.1. The number of carbonyl (C=O) groups is 1. The molecule has 134 valence electrons. The molecule has 0 aromatic heterocycles. The lowest BCUT2D eigenvalue weighted by Gasteiger charge is -2.30. The quantitative estimate of drug-likeness (QED) is 0.309. The predicted molar refractivity (Wildman–Crippen MR) is 79.7 cm³/mol. The topological polar surface area (TPSA) is 163 Å². The minimum absolute atomic E-state index is 0.0700. The number of hydrogen-bond donors (Lipinski definition) is 6. The SMILES string of the molecule is N[C@@H](Cc1ccc(O)cc1)C(=O)OC1(CO)O[C@H](CO)[C@@H](O)[C@@H]1O. The van der Waals surface area contributed by atoms with Crippen LogP contribution in [0.2, 0.25) is 0 Å². The molecule has 1 unspecified atom stereocenters. The Kier molecular flexibility index (Phi) is 5.75. The predicted octanol–water partition coefficient (Wildman–Crippen LogP) is -2.39. The highest BCUT2D eigenvalue weighted by Crippen LogP contribution is 2.32. The molecule has 0 bridgehead atoms. The molecule has 7 N–H and O–H groups in total. The maximum absolute atomic E-state index is 12.1. The molecule has 1 fully saturated rings. The zero-order valence-electron chi connectivity index (χ0n) is 12.8. The Bertz CT molecular complexity index is 565. The number of carbonyl (C=O) groups excluding carboxylic acids is 1. The van der Waals surface area contributed by atoms with Crippen molar-refractivity contribution in [2.24, 2.45) is 5.73 Å². The van der Waals surface area contributed by atoms with Crippen LogP contribution in [0.15, 0.2) is 24.3 Å². The van der Waals surface area contributed by atoms with Crippen LogP contribution >= 0.6 is 0 Å². The van der Waals surface area contributed by atoms with Crippen LogP contribution in [-0.2, 0) is 20.7 Å². The minimum atomic E-state index is -2.18. The van der Waals surface area contributed by atoms with E-state index in [0.29, 0.717) is 5.56 Å². The summed E-state index contributed by atoms with van der Waals surface area (Å²) >= 11 is 0. The van der Waals surface area contributed by atoms with Crippen molar-refractivity contribution in [1.82, 2.24) is 0 Å². The van der Waals surface area contributed by atoms with Gasteiger partial charge in [-0.3, -0.25) is 4.79 Å². The highest BCUT2D eigenvalue weighted by molar-refractivity contribution is 5.76. The highest BCUT2D eigenvalue weighted by Gasteiger charge is 2.57. The molecule has 0 amide bonds. The van der Waals surface area contributed by atoms with Crippen molar-refractivity contribution in [3.8, 4) is 5.75 Å². The molecule has 9 nitrogen and oxygen atoms in total. The lowest BCUT2D eigenvalue weighted by molar-refractivity contribution is -0.265. The molecule has 1 heterocycles. The van der Waals surface area contributed by atoms with E-state index in [9.17, 15) is 25.2 Å². The Morgan fingerprint density at radius 3 is 2.42 bits per heavy atom. The van der Waals surface area contributed by atoms with E-state index in [1.165, 1.54) is 12.1 Å². The van der Waals surface area contributed by atoms with Crippen molar-refractivity contribution in [2.75, 3.05) is 13.2 Å². The van der Waals surface area contributed by atoms with Crippen LogP contribution in [0.4, 0.5) is 0 Å². The number of rotatable bonds is 6. The zero-order valence-corrected chi connectivity index (χ0v) is 12.8. The zero-order chi connectivity index (χ0) is 17.9. The van der Waals surface area contributed by atoms with Crippen LogP contribution in [0.25, 0.3) is 0 Å². The number of aromatic hydroxyl groups is 1. The molecule has 1 saturated heterocycles. The van der Waals surface area contributed by atoms with Gasteiger partial charge in [0, 0.05) is 0 Å². The van der Waals surface area contributed by atoms with Crippen molar-refractivity contribution in [3.63, 3.8) is 0 Å². The van der Waals surface area contributed by atoms with Gasteiger partial charge < -0.3 is 40.7 Å². The van der Waals surface area contributed by atoms with Gasteiger partial charge in [0.25, 0.3) is 5.79 Å². The second-order valence-electron chi connectivity index (χ2n) is 5.64. The van der Waals surface area contributed by atoms with Gasteiger partial charge >= 0.3 is 5.97 Å². The van der Waals surface area contributed by atoms with Crippen molar-refractivity contribution in [3.05, 3.63) is 29.8 Å². The fraction of sp³-hybridized carbons (Fsp3) is 0.533. The van der Waals surface area contributed by atoms with Crippen molar-refractivity contribution in [2.45, 2.75) is 36.6 Å². The molecule has 2 rings (SSSR count). The molecule has 0 aliphatic carbocycles. The first-order chi connectivity index (χ1) is 11.3. The number of aliphatic hydroxyl groups is 4. The molecular formula is C15H21NO8. The van der Waals surface area contributed by atoms with E-state index < -0.39 is 49.3 Å². The monoisotopic (exact) mass is 343 g/mol. The normalized spacial score (nSPS) is 31.0. The van der Waals surface area contributed by atoms with E-state index in [2.05, 4.69) is 0 Å². The summed E-state index contributed by atoms with van der Waals surface area (Å²) in [5.74, 6) is -3.07. The van der Waals surface area contributed by atoms with Crippen LogP contribution in [0.3, 0.4) is 0 Å². The number of phenolic OH excluding ortho intramolecular Hbond substituents is 1. The fourth-order valence-corrected chi connectivity index (χ4v) is 2.47. The molecule has 1 aromatic carbocycles. The third-order valence-corrected chi connectivity index (χ3v) is 3.87. The lowest BCUT2D eigenvalue weighted by atomic mass is 10.0. The van der Waals surface area contributed by atoms with Gasteiger partial charge in [0.05, 0.1) is 6.61 Å². The summed E-state index contributed by atoms with van der Waals surface area (Å²) in [6.45, 7) is -1.55. The van der Waals surface area contributed by atoms with Gasteiger partial charge in [-0.15, -0.1) is 0 Å². The molecule has 1 aliphatic rings. The van der Waals surface area contributed by atoms with Gasteiger partial charge in [0.2, 0.25) is 0 Å². The van der Waals surface area contributed by atoms with Crippen LogP contribution in [0.1, 0.15) is 5.56 Å². The molecule has 0 radical (unpaired) electrons. The van der Waals surface area contributed by atoms with Gasteiger partial charge in [-0.1, -0.05) is 12.1 Å². The average Bonchev–Trinajstić information content (AvgIpc) is 2.82. The molecule has 24 heavy (non-hydrogen) atoms. The Labute approximate surface area is 137 Å². The number of esters is 1. The minimum Gasteiger partial charge on any atom is -0.508 e. The molecule has 0 saturated carbocycles. The fourth-order valence-electron chi connectivity index (χ4n) is 2.47. The number of benzene rings is 1. The molecule has 9 heteroatoms. The largest absolute Gasteiger partial charge is 0.508 e. The molecule has 1 aliphatic heterocycles. The van der Waals surface area contributed by atoms with Crippen LogP contribution in [0.5, 0.6) is 5.75 Å². The van der Waals surface area contributed by atoms with Gasteiger partial charge in [0.1, 0.15) is 30.6 Å². The number of nitrogens with two attached hydrogens (primary N) is 1. The van der Waals surface area contributed by atoms with E-state index in [1.54, 1.807) is 12.1 Å². The van der Waals surface area contributed by atoms with E-state index in [1.807, 2.05) is 0 Å². The second kappa shape index (κ2) is 7.43. The Balaban J connectivity index is 2.05. The maximum Gasteiger partial charge on any atom is 0.325 e. The Morgan fingerprint density at radius 2 is 1.92 bits per heavy atom. The molecule has 5 atom stereocenters. The second-order valence-corrected chi connectivity index (χ2v) is 5.64. The summed E-state index contributed by atoms with van der Waals surface area (Å²) in [5, 5.41) is 47.5. The van der Waals surface area contributed by atoms with Crippen LogP contribution < -0.4 is 5.73 Å². The summed E-state index contributed by atoms with van der Waals surface area (Å²) in [5.41, 5.74) is 6.42. The molecule has 1 aromatic rings. The number of phenols is 1. The van der Waals surface area contributed by atoms with Gasteiger partial charge in [0.15, 0.2) is 6.10 Å². The number of ether oxygens (including phenoxy) is 2. The van der Waals surface area contributed by atoms with E-state index in [4.69, 9.17) is 20.3 Å². The van der Waals surface area contributed by atoms with E-state index in [0.717, 1.165) is 0 Å². The molecular weight excluding hydrogens is 322 g/mol. The third-order valence-electron chi connectivity index (χ3n) is 3.87. The standard InChI is InChI=1S/C15H21NO8/c16-10(5-8-1-3-9(19)4-2-8)14(22)24-15(7-18)13(21)12(20)11(6-17)23-15/h1-4,10-13,17-21H,5-7,16H2/t10-,11+,12+,13-,15?/m0/s1. The lowest BCUT2D eigenvalue weighted by Crippen LogP contribution is -2.52. The summed E-state index contributed by atoms with van der Waals surface area (Å²) in [6.07, 6.45) is -4.37. The number of aliphatic hydroxyl groups excluding tert-OH is 4. The highest BCUT2D eigenvalue weighted by atomic mass is 16.8. The third kappa shape index (κ3) is 3.66. The summed E-state index contributed by atoms with van der Waals surface area (Å²) in [7, 11) is 0. The van der Waals surface area contributed by atoms with Crippen molar-refractivity contribution >= 4 is 5.97 Å². The first kappa shape index (κ1) is 18.6. The average molecular weight is 343 g/mol. The summed E-state index contributed by atoms with van der Waals surface area (Å²) in [6, 6.07) is 4.91. The van der Waals surface area contributed by atoms with Gasteiger partial charge in [-0.05, 0) is 24.1 Å². The first-order valence-corrected chi connectivity index (χ1v) is 7.35.